The molecule has 2 aliphatic rings. The number of carbonyl (C=O) groups excluding carboxylic acids is 1. The predicted molar refractivity (Wildman–Crippen MR) is 119 cm³/mol. The van der Waals surface area contributed by atoms with Crippen molar-refractivity contribution in [2.24, 2.45) is 5.92 Å². The van der Waals surface area contributed by atoms with Crippen molar-refractivity contribution in [1.29, 1.82) is 5.26 Å². The number of aliphatic hydroxyl groups excluding tert-OH is 1. The highest BCUT2D eigenvalue weighted by Gasteiger charge is 2.62. The van der Waals surface area contributed by atoms with Gasteiger partial charge in [-0.1, -0.05) is 26.7 Å². The van der Waals surface area contributed by atoms with E-state index in [1.165, 1.54) is 10.6 Å². The third-order valence-corrected chi connectivity index (χ3v) is 7.43. The van der Waals surface area contributed by atoms with Crippen LogP contribution in [0.4, 0.5) is 5.82 Å². The highest BCUT2D eigenvalue weighted by molar-refractivity contribution is 7.48. The van der Waals surface area contributed by atoms with Gasteiger partial charge in [0.05, 0.1) is 19.6 Å². The highest BCUT2D eigenvalue weighted by atomic mass is 31.2. The second kappa shape index (κ2) is 10.2. The first-order valence-corrected chi connectivity index (χ1v) is 12.8. The maximum absolute atomic E-state index is 13.0. The van der Waals surface area contributed by atoms with Gasteiger partial charge in [0, 0.05) is 0 Å². The maximum atomic E-state index is 13.0. The van der Waals surface area contributed by atoms with Crippen LogP contribution in [-0.2, 0) is 38.0 Å². The summed E-state index contributed by atoms with van der Waals surface area (Å²) in [6.07, 6.45) is 0.131. The van der Waals surface area contributed by atoms with Crippen LogP contribution in [0.15, 0.2) is 18.4 Å². The van der Waals surface area contributed by atoms with E-state index in [0.29, 0.717) is 12.8 Å². The van der Waals surface area contributed by atoms with Crippen molar-refractivity contribution in [1.82, 2.24) is 14.6 Å². The normalized spacial score (nSPS) is 30.7. The lowest BCUT2D eigenvalue weighted by molar-refractivity contribution is -0.158. The number of carbonyl (C=O) groups is 1. The van der Waals surface area contributed by atoms with E-state index in [1.807, 2.05) is 19.9 Å². The zero-order valence-corrected chi connectivity index (χ0v) is 20.2. The highest BCUT2D eigenvalue weighted by Crippen LogP contribution is 2.58. The Kier molecular flexibility index (Phi) is 7.02. The van der Waals surface area contributed by atoms with Crippen molar-refractivity contribution in [3.8, 4) is 6.07 Å². The summed E-state index contributed by atoms with van der Waals surface area (Å²) in [5.41, 5.74) is 3.95. The van der Waals surface area contributed by atoms with Crippen molar-refractivity contribution in [2.75, 3.05) is 19.1 Å². The first kappa shape index (κ1) is 24.1. The zero-order chi connectivity index (χ0) is 26.1. The Labute approximate surface area is 203 Å². The van der Waals surface area contributed by atoms with Crippen molar-refractivity contribution in [3.05, 3.63) is 24.1 Å². The fourth-order valence-electron chi connectivity index (χ4n) is 4.33. The average molecular weight is 510 g/mol. The molecule has 4 heterocycles. The molecule has 0 saturated carbocycles. The number of rotatable bonds is 9. The Hall–Kier alpha value is -2.59. The van der Waals surface area contributed by atoms with Crippen LogP contribution in [0.3, 0.4) is 0 Å². The SMILES string of the molecule is [2H]c1cc([C@]2(C#N)O[C@@H]3CO[P@](=O)(OCOC(=O)C(CCC)CCC)O[C@H]3[C@H]2O)n2ncnc(N)c12. The molecule has 35 heavy (non-hydrogen) atoms. The lowest BCUT2D eigenvalue weighted by Crippen LogP contribution is -2.43. The lowest BCUT2D eigenvalue weighted by atomic mass is 9.92. The second-order valence-electron chi connectivity index (χ2n) is 8.33. The third-order valence-electron chi connectivity index (χ3n) is 6.04. The van der Waals surface area contributed by atoms with Crippen LogP contribution < -0.4 is 5.73 Å². The van der Waals surface area contributed by atoms with Gasteiger partial charge >= 0.3 is 13.8 Å². The smallest absolute Gasteiger partial charge is 0.438 e. The number of ether oxygens (including phenoxy) is 2. The molecule has 2 fully saturated rings. The number of aliphatic hydroxyl groups is 1. The quantitative estimate of drug-likeness (QED) is 0.285. The number of anilines is 1. The fourth-order valence-corrected chi connectivity index (χ4v) is 5.59. The molecule has 0 aliphatic carbocycles. The molecule has 13 nitrogen and oxygen atoms in total. The molecule has 0 amide bonds. The molecular formula is C21H28N5O8P. The molecule has 2 aromatic rings. The molecule has 3 N–H and O–H groups in total. The minimum Gasteiger partial charge on any atom is -0.438 e. The number of nitrogens with zero attached hydrogens (tertiary/aromatic N) is 4. The Morgan fingerprint density at radius 3 is 2.94 bits per heavy atom. The summed E-state index contributed by atoms with van der Waals surface area (Å²) in [5.74, 6) is -0.757. The van der Waals surface area contributed by atoms with E-state index in [2.05, 4.69) is 10.1 Å². The molecule has 14 heteroatoms. The molecule has 190 valence electrons. The second-order valence-corrected chi connectivity index (χ2v) is 9.95. The van der Waals surface area contributed by atoms with Gasteiger partial charge in [-0.05, 0) is 25.0 Å². The Morgan fingerprint density at radius 1 is 1.51 bits per heavy atom. The number of fused-ring (bicyclic) bond motifs is 2. The van der Waals surface area contributed by atoms with Gasteiger partial charge in [-0.2, -0.15) is 10.4 Å². The van der Waals surface area contributed by atoms with Crippen molar-refractivity contribution in [3.63, 3.8) is 0 Å². The van der Waals surface area contributed by atoms with Gasteiger partial charge in [0.25, 0.3) is 0 Å². The molecule has 0 radical (unpaired) electrons. The van der Waals surface area contributed by atoms with Gasteiger partial charge in [-0.3, -0.25) is 13.8 Å². The molecule has 2 saturated heterocycles. The fraction of sp³-hybridized carbons (Fsp3) is 0.619. The van der Waals surface area contributed by atoms with E-state index >= 15 is 0 Å². The van der Waals surface area contributed by atoms with Gasteiger partial charge in [-0.15, -0.1) is 0 Å². The number of nitriles is 1. The number of phosphoric acid groups is 1. The van der Waals surface area contributed by atoms with Gasteiger partial charge in [-0.25, -0.2) is 18.6 Å². The molecule has 0 bridgehead atoms. The average Bonchev–Trinajstić information content (AvgIpc) is 3.34. The van der Waals surface area contributed by atoms with Crippen LogP contribution in [0, 0.1) is 17.2 Å². The molecule has 2 aliphatic heterocycles. The first-order chi connectivity index (χ1) is 17.2. The van der Waals surface area contributed by atoms with E-state index in [9.17, 15) is 19.7 Å². The molecular weight excluding hydrogens is 481 g/mol. The molecule has 0 aromatic carbocycles. The minimum absolute atomic E-state index is 0.00591. The Bertz CT molecular complexity index is 1210. The van der Waals surface area contributed by atoms with Crippen LogP contribution in [0.5, 0.6) is 0 Å². The number of hydrogen-bond acceptors (Lipinski definition) is 12. The van der Waals surface area contributed by atoms with Crippen molar-refractivity contribution >= 4 is 25.1 Å². The summed E-state index contributed by atoms with van der Waals surface area (Å²) in [7, 11) is -4.26. The standard InChI is InChI=1S/C21H28N5O8P/c1-3-5-13(6-4-2)20(28)30-12-32-35(29)31-9-15-17(34-35)18(27)21(10-22,33-15)16-8-7-14-19(23)24-11-25-26(14)16/h7-8,11,13,15,17-18,27H,3-6,9,12H2,1-2H3,(H2,23,24,25)/t15-,17-,18-,21+,35-/m1/s1/i7D. The molecule has 5 atom stereocenters. The van der Waals surface area contributed by atoms with Gasteiger partial charge < -0.3 is 20.3 Å². The molecule has 0 spiro atoms. The number of hydrogen-bond donors (Lipinski definition) is 2. The van der Waals surface area contributed by atoms with Gasteiger partial charge in [0.1, 0.15) is 36.2 Å². The molecule has 4 rings (SSSR count). The van der Waals surface area contributed by atoms with E-state index in [1.54, 1.807) is 0 Å². The van der Waals surface area contributed by atoms with Gasteiger partial charge in [0.15, 0.2) is 5.82 Å². The predicted octanol–water partition coefficient (Wildman–Crippen LogP) is 2.05. The maximum Gasteiger partial charge on any atom is 0.478 e. The largest absolute Gasteiger partial charge is 0.478 e. The van der Waals surface area contributed by atoms with Crippen LogP contribution >= 0.6 is 7.82 Å². The number of esters is 1. The first-order valence-electron chi connectivity index (χ1n) is 11.8. The minimum atomic E-state index is -4.26. The lowest BCUT2D eigenvalue weighted by Gasteiger charge is -2.30. The van der Waals surface area contributed by atoms with E-state index in [0.717, 1.165) is 19.2 Å². The summed E-state index contributed by atoms with van der Waals surface area (Å²) in [5, 5.41) is 25.2. The van der Waals surface area contributed by atoms with Crippen molar-refractivity contribution in [2.45, 2.75) is 63.4 Å². The Morgan fingerprint density at radius 2 is 2.26 bits per heavy atom. The number of aromatic nitrogens is 3. The summed E-state index contributed by atoms with van der Waals surface area (Å²) in [4.78, 5) is 16.2. The summed E-state index contributed by atoms with van der Waals surface area (Å²) < 4.78 is 49.2. The molecule has 2 aromatic heterocycles. The number of phosphoric ester groups is 1. The third kappa shape index (κ3) is 4.65. The monoisotopic (exact) mass is 510 g/mol. The summed E-state index contributed by atoms with van der Waals surface area (Å²) in [6.45, 7) is 2.92. The van der Waals surface area contributed by atoms with Crippen LogP contribution in [0.2, 0.25) is 0 Å². The van der Waals surface area contributed by atoms with Gasteiger partial charge in [0.2, 0.25) is 12.4 Å². The number of nitrogens with two attached hydrogens (primary N) is 1. The van der Waals surface area contributed by atoms with Crippen LogP contribution in [-0.4, -0.2) is 57.4 Å². The van der Waals surface area contributed by atoms with Crippen LogP contribution in [0.25, 0.3) is 5.52 Å². The summed E-state index contributed by atoms with van der Waals surface area (Å²) >= 11 is 0. The van der Waals surface area contributed by atoms with E-state index in [4.69, 9.17) is 30.1 Å². The van der Waals surface area contributed by atoms with Crippen molar-refractivity contribution < 1.29 is 38.9 Å². The zero-order valence-electron chi connectivity index (χ0n) is 20.3. The van der Waals surface area contributed by atoms with E-state index < -0.39 is 44.5 Å². The number of nitrogen functional groups attached to an aromatic ring is 1. The Balaban J connectivity index is 1.49. The van der Waals surface area contributed by atoms with E-state index in [-0.39, 0.29) is 35.6 Å². The summed E-state index contributed by atoms with van der Waals surface area (Å²) in [6, 6.07) is 3.13. The molecule has 0 unspecified atom stereocenters. The topological polar surface area (TPSA) is 181 Å². The van der Waals surface area contributed by atoms with Crippen LogP contribution in [0.1, 0.15) is 46.6 Å².